The molecule has 0 aliphatic carbocycles. The number of benzene rings is 1. The van der Waals surface area contributed by atoms with Crippen LogP contribution in [0.5, 0.6) is 0 Å². The Morgan fingerprint density at radius 3 is 2.87 bits per heavy atom. The van der Waals surface area contributed by atoms with Crippen molar-refractivity contribution in [3.8, 4) is 11.3 Å². The van der Waals surface area contributed by atoms with Gasteiger partial charge >= 0.3 is 0 Å². The number of ether oxygens (including phenoxy) is 1. The topological polar surface area (TPSA) is 51.2 Å². The van der Waals surface area contributed by atoms with E-state index < -0.39 is 0 Å². The molecule has 0 bridgehead atoms. The maximum Gasteiger partial charge on any atom is 0.230 e. The predicted octanol–water partition coefficient (Wildman–Crippen LogP) is 3.83. The molecule has 6 heteroatoms. The number of rotatable bonds is 9. The van der Waals surface area contributed by atoms with Crippen LogP contribution in [0, 0.1) is 0 Å². The monoisotopic (exact) mass is 350 g/mol. The fourth-order valence-corrected chi connectivity index (χ4v) is 3.53. The predicted molar refractivity (Wildman–Crippen MR) is 97.0 cm³/mol. The highest BCUT2D eigenvalue weighted by Gasteiger charge is 2.07. The van der Waals surface area contributed by atoms with Gasteiger partial charge in [-0.1, -0.05) is 42.1 Å². The van der Waals surface area contributed by atoms with E-state index in [2.05, 4.69) is 10.3 Å². The van der Waals surface area contributed by atoms with Gasteiger partial charge in [0.25, 0.3) is 0 Å². The molecule has 0 saturated heterocycles. The molecular weight excluding hydrogens is 328 g/mol. The summed E-state index contributed by atoms with van der Waals surface area (Å²) in [4.78, 5) is 16.4. The molecule has 0 radical (unpaired) electrons. The highest BCUT2D eigenvalue weighted by atomic mass is 32.2. The number of nitrogens with zero attached hydrogens (tertiary/aromatic N) is 1. The summed E-state index contributed by atoms with van der Waals surface area (Å²) in [5, 5.41) is 4.93. The van der Waals surface area contributed by atoms with E-state index in [1.165, 1.54) is 11.8 Å². The van der Waals surface area contributed by atoms with Crippen LogP contribution in [0.4, 0.5) is 0 Å². The molecule has 0 atom stereocenters. The SMILES string of the molecule is CC(C)OCCCNC(=O)CSc1nc(-c2ccccc2)cs1. The molecule has 2 rings (SSSR count). The van der Waals surface area contributed by atoms with Crippen molar-refractivity contribution in [1.29, 1.82) is 0 Å². The Hall–Kier alpha value is -1.37. The second kappa shape index (κ2) is 9.70. The lowest BCUT2D eigenvalue weighted by atomic mass is 10.2. The average molecular weight is 351 g/mol. The Morgan fingerprint density at radius 2 is 2.13 bits per heavy atom. The number of carbonyl (C=O) groups excluding carboxylic acids is 1. The summed E-state index contributed by atoms with van der Waals surface area (Å²) in [5.41, 5.74) is 2.06. The fourth-order valence-electron chi connectivity index (χ4n) is 1.86. The maximum absolute atomic E-state index is 11.8. The minimum atomic E-state index is 0.0380. The van der Waals surface area contributed by atoms with Gasteiger partial charge in [-0.15, -0.1) is 11.3 Å². The molecule has 23 heavy (non-hydrogen) atoms. The van der Waals surface area contributed by atoms with Gasteiger partial charge < -0.3 is 10.1 Å². The first-order valence-electron chi connectivity index (χ1n) is 7.67. The minimum absolute atomic E-state index is 0.0380. The summed E-state index contributed by atoms with van der Waals surface area (Å²) < 4.78 is 6.35. The van der Waals surface area contributed by atoms with Crippen LogP contribution in [0.25, 0.3) is 11.3 Å². The van der Waals surface area contributed by atoms with Crippen LogP contribution in [0.1, 0.15) is 20.3 Å². The second-order valence-electron chi connectivity index (χ2n) is 5.28. The fraction of sp³-hybridized carbons (Fsp3) is 0.412. The maximum atomic E-state index is 11.8. The Kier molecular flexibility index (Phi) is 7.58. The molecule has 1 N–H and O–H groups in total. The van der Waals surface area contributed by atoms with Crippen LogP contribution in [0.2, 0.25) is 0 Å². The Morgan fingerprint density at radius 1 is 1.35 bits per heavy atom. The Balaban J connectivity index is 1.68. The number of thiazole rings is 1. The van der Waals surface area contributed by atoms with E-state index >= 15 is 0 Å². The van der Waals surface area contributed by atoms with Crippen LogP contribution in [-0.2, 0) is 9.53 Å². The van der Waals surface area contributed by atoms with Gasteiger partial charge in [-0.05, 0) is 20.3 Å². The molecular formula is C17H22N2O2S2. The summed E-state index contributed by atoms with van der Waals surface area (Å²) in [6.45, 7) is 5.34. The van der Waals surface area contributed by atoms with Gasteiger partial charge in [0.1, 0.15) is 0 Å². The number of nitrogens with one attached hydrogen (secondary N) is 1. The largest absolute Gasteiger partial charge is 0.379 e. The summed E-state index contributed by atoms with van der Waals surface area (Å²) in [6, 6.07) is 10.1. The van der Waals surface area contributed by atoms with Gasteiger partial charge in [-0.25, -0.2) is 4.98 Å². The van der Waals surface area contributed by atoms with E-state index in [0.717, 1.165) is 22.0 Å². The molecule has 1 heterocycles. The Labute approximate surface area is 145 Å². The number of hydrogen-bond donors (Lipinski definition) is 1. The van der Waals surface area contributed by atoms with Crippen molar-refractivity contribution in [1.82, 2.24) is 10.3 Å². The third-order valence-electron chi connectivity index (χ3n) is 2.97. The highest BCUT2D eigenvalue weighted by Crippen LogP contribution is 2.27. The van der Waals surface area contributed by atoms with E-state index in [1.54, 1.807) is 11.3 Å². The smallest absolute Gasteiger partial charge is 0.230 e. The van der Waals surface area contributed by atoms with Gasteiger partial charge in [0.15, 0.2) is 4.34 Å². The van der Waals surface area contributed by atoms with Crippen molar-refractivity contribution in [3.05, 3.63) is 35.7 Å². The zero-order chi connectivity index (χ0) is 16.5. The molecule has 1 aromatic carbocycles. The molecule has 0 fully saturated rings. The van der Waals surface area contributed by atoms with Crippen LogP contribution < -0.4 is 5.32 Å². The number of amides is 1. The standard InChI is InChI=1S/C17H22N2O2S2/c1-13(2)21-10-6-9-18-16(20)12-23-17-19-15(11-22-17)14-7-4-3-5-8-14/h3-5,7-8,11,13H,6,9-10,12H2,1-2H3,(H,18,20). The molecule has 4 nitrogen and oxygen atoms in total. The second-order valence-corrected chi connectivity index (χ2v) is 7.36. The summed E-state index contributed by atoms with van der Waals surface area (Å²) in [6.07, 6.45) is 1.08. The summed E-state index contributed by atoms with van der Waals surface area (Å²) in [7, 11) is 0. The molecule has 0 saturated carbocycles. The minimum Gasteiger partial charge on any atom is -0.379 e. The first-order valence-corrected chi connectivity index (χ1v) is 9.53. The van der Waals surface area contributed by atoms with Crippen molar-refractivity contribution in [2.24, 2.45) is 0 Å². The first kappa shape index (κ1) is 18.0. The zero-order valence-corrected chi connectivity index (χ0v) is 15.1. The van der Waals surface area contributed by atoms with E-state index in [9.17, 15) is 4.79 Å². The van der Waals surface area contributed by atoms with E-state index in [0.29, 0.717) is 18.9 Å². The van der Waals surface area contributed by atoms with Gasteiger partial charge in [0, 0.05) is 24.1 Å². The first-order chi connectivity index (χ1) is 11.1. The van der Waals surface area contributed by atoms with E-state index in [1.807, 2.05) is 49.6 Å². The van der Waals surface area contributed by atoms with Gasteiger partial charge in [0.05, 0.1) is 17.6 Å². The van der Waals surface area contributed by atoms with Crippen LogP contribution >= 0.6 is 23.1 Å². The molecule has 2 aromatic rings. The van der Waals surface area contributed by atoms with Crippen molar-refractivity contribution < 1.29 is 9.53 Å². The van der Waals surface area contributed by atoms with E-state index in [-0.39, 0.29) is 12.0 Å². The number of aromatic nitrogens is 1. The molecule has 0 aliphatic heterocycles. The lowest BCUT2D eigenvalue weighted by Gasteiger charge is -2.07. The van der Waals surface area contributed by atoms with Crippen molar-refractivity contribution in [2.75, 3.05) is 18.9 Å². The lowest BCUT2D eigenvalue weighted by molar-refractivity contribution is -0.118. The average Bonchev–Trinajstić information content (AvgIpc) is 3.02. The zero-order valence-electron chi connectivity index (χ0n) is 13.5. The van der Waals surface area contributed by atoms with Gasteiger partial charge in [-0.3, -0.25) is 4.79 Å². The van der Waals surface area contributed by atoms with Crippen LogP contribution in [-0.4, -0.2) is 35.9 Å². The highest BCUT2D eigenvalue weighted by molar-refractivity contribution is 8.01. The van der Waals surface area contributed by atoms with Gasteiger partial charge in [-0.2, -0.15) is 0 Å². The quantitative estimate of drug-likeness (QED) is 0.551. The normalized spacial score (nSPS) is 10.9. The van der Waals surface area contributed by atoms with Crippen molar-refractivity contribution in [3.63, 3.8) is 0 Å². The third-order valence-corrected chi connectivity index (χ3v) is 4.99. The van der Waals surface area contributed by atoms with Crippen molar-refractivity contribution >= 4 is 29.0 Å². The lowest BCUT2D eigenvalue weighted by Crippen LogP contribution is -2.27. The molecule has 1 amide bonds. The third kappa shape index (κ3) is 6.72. The van der Waals surface area contributed by atoms with Gasteiger partial charge in [0.2, 0.25) is 5.91 Å². The molecule has 1 aromatic heterocycles. The van der Waals surface area contributed by atoms with E-state index in [4.69, 9.17) is 4.74 Å². The number of thioether (sulfide) groups is 1. The molecule has 0 unspecified atom stereocenters. The summed E-state index contributed by atoms with van der Waals surface area (Å²) >= 11 is 3.05. The number of hydrogen-bond acceptors (Lipinski definition) is 5. The van der Waals surface area contributed by atoms with Crippen LogP contribution in [0.3, 0.4) is 0 Å². The number of carbonyl (C=O) groups is 1. The van der Waals surface area contributed by atoms with Crippen molar-refractivity contribution in [2.45, 2.75) is 30.7 Å². The molecule has 0 aliphatic rings. The Bertz CT molecular complexity index is 600. The van der Waals surface area contributed by atoms with Crippen LogP contribution in [0.15, 0.2) is 40.1 Å². The molecule has 0 spiro atoms. The summed E-state index contributed by atoms with van der Waals surface area (Å²) in [5.74, 6) is 0.434. The molecule has 124 valence electrons.